The van der Waals surface area contributed by atoms with Gasteiger partial charge in [0.25, 0.3) is 0 Å². The summed E-state index contributed by atoms with van der Waals surface area (Å²) in [6.45, 7) is 9.86. The number of hydrogen-bond acceptors (Lipinski definition) is 1. The molecule has 13 heavy (non-hydrogen) atoms. The molecule has 0 bridgehead atoms. The van der Waals surface area contributed by atoms with Crippen molar-refractivity contribution in [2.75, 3.05) is 13.6 Å². The number of hydrogen-bond donors (Lipinski definition) is 1. The largest absolute Gasteiger partial charge is 0.329 e. The second-order valence-electron chi connectivity index (χ2n) is 5.51. The van der Waals surface area contributed by atoms with E-state index in [0.717, 1.165) is 13.0 Å². The summed E-state index contributed by atoms with van der Waals surface area (Å²) in [7, 11) is 2.13. The van der Waals surface area contributed by atoms with Crippen LogP contribution in [0, 0.1) is 11.3 Å². The number of piperidine rings is 1. The minimum atomic E-state index is 0.207. The summed E-state index contributed by atoms with van der Waals surface area (Å²) in [6, 6.07) is 0.207. The standard InChI is InChI=1S/C11H21NO/c1-8-10(13)6-9(7-12(8)5)11(2,3)4/h8-9H,6-7H2,1-5H3/p+1/t8-,9+/m0/s1. The van der Waals surface area contributed by atoms with Gasteiger partial charge in [-0.2, -0.15) is 0 Å². The van der Waals surface area contributed by atoms with Crippen LogP contribution in [0.2, 0.25) is 0 Å². The van der Waals surface area contributed by atoms with Gasteiger partial charge in [-0.3, -0.25) is 4.79 Å². The van der Waals surface area contributed by atoms with Crippen molar-refractivity contribution in [3.8, 4) is 0 Å². The molecule has 0 amide bonds. The summed E-state index contributed by atoms with van der Waals surface area (Å²) in [4.78, 5) is 13.0. The molecule has 0 aromatic rings. The van der Waals surface area contributed by atoms with Gasteiger partial charge in [0.15, 0.2) is 5.78 Å². The number of nitrogens with one attached hydrogen (secondary N) is 1. The molecule has 0 spiro atoms. The number of carbonyl (C=O) groups excluding carboxylic acids is 1. The third-order valence-electron chi connectivity index (χ3n) is 3.46. The van der Waals surface area contributed by atoms with E-state index in [4.69, 9.17) is 0 Å². The third-order valence-corrected chi connectivity index (χ3v) is 3.46. The van der Waals surface area contributed by atoms with Gasteiger partial charge in [0.2, 0.25) is 0 Å². The van der Waals surface area contributed by atoms with E-state index in [1.54, 1.807) is 0 Å². The van der Waals surface area contributed by atoms with E-state index in [-0.39, 0.29) is 11.5 Å². The van der Waals surface area contributed by atoms with E-state index < -0.39 is 0 Å². The van der Waals surface area contributed by atoms with Crippen LogP contribution in [-0.2, 0) is 4.79 Å². The van der Waals surface area contributed by atoms with Gasteiger partial charge >= 0.3 is 0 Å². The van der Waals surface area contributed by atoms with Crippen molar-refractivity contribution < 1.29 is 9.69 Å². The summed E-state index contributed by atoms with van der Waals surface area (Å²) in [5, 5.41) is 0. The van der Waals surface area contributed by atoms with Crippen LogP contribution in [0.25, 0.3) is 0 Å². The maximum atomic E-state index is 11.6. The zero-order valence-corrected chi connectivity index (χ0v) is 9.48. The van der Waals surface area contributed by atoms with E-state index in [2.05, 4.69) is 27.8 Å². The van der Waals surface area contributed by atoms with Gasteiger partial charge < -0.3 is 4.90 Å². The van der Waals surface area contributed by atoms with Gasteiger partial charge in [-0.1, -0.05) is 20.8 Å². The molecule has 2 nitrogen and oxygen atoms in total. The lowest BCUT2D eigenvalue weighted by atomic mass is 9.75. The van der Waals surface area contributed by atoms with Gasteiger partial charge in [0, 0.05) is 12.3 Å². The Bertz CT molecular complexity index is 205. The number of carbonyl (C=O) groups is 1. The first-order valence-electron chi connectivity index (χ1n) is 5.17. The van der Waals surface area contributed by atoms with Crippen LogP contribution >= 0.6 is 0 Å². The van der Waals surface area contributed by atoms with Gasteiger partial charge in [0.1, 0.15) is 6.04 Å². The van der Waals surface area contributed by atoms with Crippen LogP contribution in [0.15, 0.2) is 0 Å². The molecule has 76 valence electrons. The van der Waals surface area contributed by atoms with Crippen LogP contribution in [0.1, 0.15) is 34.1 Å². The molecule has 2 heteroatoms. The monoisotopic (exact) mass is 184 g/mol. The summed E-state index contributed by atoms with van der Waals surface area (Å²) in [6.07, 6.45) is 0.780. The van der Waals surface area contributed by atoms with E-state index in [9.17, 15) is 4.79 Å². The molecule has 0 radical (unpaired) electrons. The first kappa shape index (κ1) is 10.7. The lowest BCUT2D eigenvalue weighted by Gasteiger charge is -2.37. The van der Waals surface area contributed by atoms with Crippen LogP contribution < -0.4 is 4.90 Å². The number of likely N-dealkylation sites (N-methyl/N-ethyl adjacent to an activating group) is 1. The Balaban J connectivity index is 2.69. The van der Waals surface area contributed by atoms with Crippen molar-refractivity contribution in [3.63, 3.8) is 0 Å². The molecule has 1 unspecified atom stereocenters. The van der Waals surface area contributed by atoms with Gasteiger partial charge in [-0.15, -0.1) is 0 Å². The normalized spacial score (nSPS) is 36.4. The highest BCUT2D eigenvalue weighted by Gasteiger charge is 2.38. The molecule has 0 saturated carbocycles. The van der Waals surface area contributed by atoms with E-state index >= 15 is 0 Å². The molecule has 1 saturated heterocycles. The highest BCUT2D eigenvalue weighted by Crippen LogP contribution is 2.29. The zero-order chi connectivity index (χ0) is 10.2. The van der Waals surface area contributed by atoms with E-state index in [1.165, 1.54) is 4.90 Å². The predicted molar refractivity (Wildman–Crippen MR) is 53.8 cm³/mol. The molecular formula is C11H22NO+. The number of likely N-dealkylation sites (tertiary alicyclic amines) is 1. The fourth-order valence-electron chi connectivity index (χ4n) is 1.94. The first-order chi connectivity index (χ1) is 5.82. The fraction of sp³-hybridized carbons (Fsp3) is 0.909. The molecule has 1 heterocycles. The van der Waals surface area contributed by atoms with Crippen LogP contribution in [0.3, 0.4) is 0 Å². The average molecular weight is 184 g/mol. The molecule has 1 aliphatic heterocycles. The summed E-state index contributed by atoms with van der Waals surface area (Å²) < 4.78 is 0. The number of ketones is 1. The molecule has 3 atom stereocenters. The Morgan fingerprint density at radius 1 is 1.38 bits per heavy atom. The molecule has 0 aromatic carbocycles. The molecular weight excluding hydrogens is 162 g/mol. The smallest absolute Gasteiger partial charge is 0.190 e. The third kappa shape index (κ3) is 2.31. The summed E-state index contributed by atoms with van der Waals surface area (Å²) in [5.74, 6) is 0.986. The number of rotatable bonds is 0. The Labute approximate surface area is 81.3 Å². The van der Waals surface area contributed by atoms with Gasteiger partial charge in [-0.25, -0.2) is 0 Å². The Morgan fingerprint density at radius 3 is 2.31 bits per heavy atom. The Hall–Kier alpha value is -0.370. The lowest BCUT2D eigenvalue weighted by molar-refractivity contribution is -0.901. The highest BCUT2D eigenvalue weighted by atomic mass is 16.1. The Kier molecular flexibility index (Phi) is 2.81. The number of quaternary nitrogens is 1. The SMILES string of the molecule is C[C@H]1C(=O)C[C@@H](C(C)(C)C)C[NH+]1C. The average Bonchev–Trinajstić information content (AvgIpc) is 1.97. The maximum absolute atomic E-state index is 11.6. The first-order valence-corrected chi connectivity index (χ1v) is 5.17. The van der Waals surface area contributed by atoms with Crippen molar-refractivity contribution in [2.45, 2.75) is 40.2 Å². The zero-order valence-electron chi connectivity index (χ0n) is 9.48. The maximum Gasteiger partial charge on any atom is 0.190 e. The minimum absolute atomic E-state index is 0.207. The van der Waals surface area contributed by atoms with Crippen molar-refractivity contribution in [3.05, 3.63) is 0 Å². The van der Waals surface area contributed by atoms with Crippen molar-refractivity contribution in [1.82, 2.24) is 0 Å². The van der Waals surface area contributed by atoms with Crippen molar-refractivity contribution in [2.24, 2.45) is 11.3 Å². The van der Waals surface area contributed by atoms with Crippen LogP contribution in [0.5, 0.6) is 0 Å². The predicted octanol–water partition coefficient (Wildman–Crippen LogP) is 0.525. The molecule has 1 fully saturated rings. The van der Waals surface area contributed by atoms with E-state index in [1.807, 2.05) is 6.92 Å². The van der Waals surface area contributed by atoms with Crippen molar-refractivity contribution >= 4 is 5.78 Å². The molecule has 1 aliphatic rings. The van der Waals surface area contributed by atoms with Crippen LogP contribution in [0.4, 0.5) is 0 Å². The highest BCUT2D eigenvalue weighted by molar-refractivity contribution is 5.83. The minimum Gasteiger partial charge on any atom is -0.329 e. The lowest BCUT2D eigenvalue weighted by Crippen LogP contribution is -3.15. The second kappa shape index (κ2) is 3.41. The molecule has 1 rings (SSSR count). The molecule has 0 aliphatic carbocycles. The van der Waals surface area contributed by atoms with Crippen molar-refractivity contribution in [1.29, 1.82) is 0 Å². The Morgan fingerprint density at radius 2 is 1.92 bits per heavy atom. The topological polar surface area (TPSA) is 21.5 Å². The molecule has 0 aromatic heterocycles. The van der Waals surface area contributed by atoms with E-state index in [0.29, 0.717) is 11.7 Å². The van der Waals surface area contributed by atoms with Gasteiger partial charge in [-0.05, 0) is 12.3 Å². The summed E-state index contributed by atoms with van der Waals surface area (Å²) in [5.41, 5.74) is 0.275. The fourth-order valence-corrected chi connectivity index (χ4v) is 1.94. The summed E-state index contributed by atoms with van der Waals surface area (Å²) >= 11 is 0. The quantitative estimate of drug-likeness (QED) is 0.582. The second-order valence-corrected chi connectivity index (χ2v) is 5.51. The van der Waals surface area contributed by atoms with Gasteiger partial charge in [0.05, 0.1) is 13.6 Å². The number of Topliss-reactive ketones (excluding diaryl/α,β-unsaturated/α-hetero) is 1. The van der Waals surface area contributed by atoms with Crippen LogP contribution in [-0.4, -0.2) is 25.4 Å². The molecule has 1 N–H and O–H groups in total.